The lowest BCUT2D eigenvalue weighted by molar-refractivity contribution is -0.115. The Labute approximate surface area is 241 Å². The molecule has 0 saturated carbocycles. The molecular formula is C36H36N2O3. The summed E-state index contributed by atoms with van der Waals surface area (Å²) in [5.41, 5.74) is 10.7. The fourth-order valence-corrected chi connectivity index (χ4v) is 5.50. The standard InChI is InChI=1S/C36H36N2O3/c1-36(2,3)27-11-15-32-29(20-27)30-21-34(39)37-33-14-10-26(19-31(33)35(30)38-32)25-7-5-6-24(18-25)22-41-28-12-8-23(9-13-28)16-17-40-4/h5-15,18-20,38H,16-17,21-22H2,1-4H3,(H,37,39). The van der Waals surface area contributed by atoms with E-state index < -0.39 is 0 Å². The molecule has 1 amide bonds. The average Bonchev–Trinajstić information content (AvgIpc) is 3.25. The van der Waals surface area contributed by atoms with Crippen LogP contribution in [0.1, 0.15) is 43.0 Å². The van der Waals surface area contributed by atoms with E-state index in [0.717, 1.165) is 62.3 Å². The number of nitrogens with one attached hydrogen (secondary N) is 2. The smallest absolute Gasteiger partial charge is 0.228 e. The molecule has 5 nitrogen and oxygen atoms in total. The van der Waals surface area contributed by atoms with Crippen LogP contribution in [0.4, 0.5) is 5.69 Å². The Kier molecular flexibility index (Phi) is 7.14. The number of aromatic nitrogens is 1. The molecule has 0 atom stereocenters. The number of ether oxygens (including phenoxy) is 2. The van der Waals surface area contributed by atoms with E-state index in [2.05, 4.69) is 97.8 Å². The predicted molar refractivity (Wildman–Crippen MR) is 167 cm³/mol. The van der Waals surface area contributed by atoms with E-state index in [-0.39, 0.29) is 11.3 Å². The van der Waals surface area contributed by atoms with Gasteiger partial charge in [0.2, 0.25) is 5.91 Å². The van der Waals surface area contributed by atoms with Crippen LogP contribution < -0.4 is 10.1 Å². The normalized spacial score (nSPS) is 12.9. The SMILES string of the molecule is COCCc1ccc(OCc2cccc(-c3ccc4c(c3)-c3[nH]c5ccc(C(C)(C)C)cc5c3CC(=O)N4)c2)cc1. The molecule has 208 valence electrons. The van der Waals surface area contributed by atoms with Gasteiger partial charge in [0.1, 0.15) is 12.4 Å². The minimum absolute atomic E-state index is 0.00527. The van der Waals surface area contributed by atoms with E-state index >= 15 is 0 Å². The number of aromatic amines is 1. The number of H-pyrrole nitrogens is 1. The van der Waals surface area contributed by atoms with E-state index in [9.17, 15) is 4.79 Å². The van der Waals surface area contributed by atoms with Gasteiger partial charge in [-0.05, 0) is 87.7 Å². The molecular weight excluding hydrogens is 508 g/mol. The molecule has 0 bridgehead atoms. The van der Waals surface area contributed by atoms with E-state index in [1.807, 2.05) is 18.2 Å². The van der Waals surface area contributed by atoms with Crippen molar-refractivity contribution in [3.05, 3.63) is 107 Å². The van der Waals surface area contributed by atoms with Crippen molar-refractivity contribution in [1.29, 1.82) is 0 Å². The molecule has 0 fully saturated rings. The lowest BCUT2D eigenvalue weighted by Crippen LogP contribution is -2.13. The quantitative estimate of drug-likeness (QED) is 0.218. The number of carbonyl (C=O) groups is 1. The molecule has 2 N–H and O–H groups in total. The minimum Gasteiger partial charge on any atom is -0.489 e. The van der Waals surface area contributed by atoms with Gasteiger partial charge in [-0.3, -0.25) is 4.79 Å². The molecule has 2 heterocycles. The minimum atomic E-state index is 0.00527. The second kappa shape index (κ2) is 10.9. The van der Waals surface area contributed by atoms with Crippen molar-refractivity contribution < 1.29 is 14.3 Å². The maximum Gasteiger partial charge on any atom is 0.228 e. The molecule has 0 spiro atoms. The third-order valence-electron chi connectivity index (χ3n) is 7.86. The number of carbonyl (C=O) groups excluding carboxylic acids is 1. The number of hydrogen-bond acceptors (Lipinski definition) is 3. The molecule has 1 aliphatic rings. The van der Waals surface area contributed by atoms with E-state index in [1.54, 1.807) is 7.11 Å². The largest absolute Gasteiger partial charge is 0.489 e. The fraction of sp³-hybridized carbons (Fsp3) is 0.250. The van der Waals surface area contributed by atoms with Crippen LogP contribution in [0.25, 0.3) is 33.3 Å². The van der Waals surface area contributed by atoms with E-state index in [4.69, 9.17) is 9.47 Å². The van der Waals surface area contributed by atoms with E-state index in [1.165, 1.54) is 11.1 Å². The summed E-state index contributed by atoms with van der Waals surface area (Å²) in [6, 6.07) is 29.5. The highest BCUT2D eigenvalue weighted by atomic mass is 16.5. The van der Waals surface area contributed by atoms with Crippen molar-refractivity contribution in [3.63, 3.8) is 0 Å². The van der Waals surface area contributed by atoms with Crippen LogP contribution in [0.2, 0.25) is 0 Å². The highest BCUT2D eigenvalue weighted by Crippen LogP contribution is 2.40. The third kappa shape index (κ3) is 5.63. The van der Waals surface area contributed by atoms with Gasteiger partial charge in [-0.1, -0.05) is 63.2 Å². The van der Waals surface area contributed by atoms with Crippen LogP contribution >= 0.6 is 0 Å². The first-order valence-electron chi connectivity index (χ1n) is 14.2. The summed E-state index contributed by atoms with van der Waals surface area (Å²) in [5.74, 6) is 0.851. The van der Waals surface area contributed by atoms with Crippen LogP contribution in [0.15, 0.2) is 84.9 Å². The molecule has 41 heavy (non-hydrogen) atoms. The van der Waals surface area contributed by atoms with Crippen molar-refractivity contribution in [3.8, 4) is 28.1 Å². The van der Waals surface area contributed by atoms with Gasteiger partial charge in [0.25, 0.3) is 0 Å². The topological polar surface area (TPSA) is 63.4 Å². The lowest BCUT2D eigenvalue weighted by Gasteiger charge is -2.19. The Hall–Kier alpha value is -4.35. The van der Waals surface area contributed by atoms with Gasteiger partial charge in [-0.2, -0.15) is 0 Å². The molecule has 0 radical (unpaired) electrons. The van der Waals surface area contributed by atoms with Crippen molar-refractivity contribution in [2.24, 2.45) is 0 Å². The summed E-state index contributed by atoms with van der Waals surface area (Å²) >= 11 is 0. The van der Waals surface area contributed by atoms with Crippen molar-refractivity contribution in [1.82, 2.24) is 4.98 Å². The Bertz CT molecular complexity index is 1720. The van der Waals surface area contributed by atoms with Crippen LogP contribution in [0, 0.1) is 0 Å². The second-order valence-corrected chi connectivity index (χ2v) is 11.9. The van der Waals surface area contributed by atoms with Crippen molar-refractivity contribution in [2.45, 2.75) is 45.6 Å². The van der Waals surface area contributed by atoms with Crippen LogP contribution in [0.5, 0.6) is 5.75 Å². The summed E-state index contributed by atoms with van der Waals surface area (Å²) in [6.45, 7) is 7.84. The van der Waals surface area contributed by atoms with Gasteiger partial charge in [0, 0.05) is 23.6 Å². The molecule has 4 aromatic carbocycles. The predicted octanol–water partition coefficient (Wildman–Crippen LogP) is 8.06. The van der Waals surface area contributed by atoms with Gasteiger partial charge < -0.3 is 19.8 Å². The first-order chi connectivity index (χ1) is 19.8. The Morgan fingerprint density at radius 2 is 1.66 bits per heavy atom. The van der Waals surface area contributed by atoms with Gasteiger partial charge in [0.15, 0.2) is 0 Å². The Balaban J connectivity index is 1.30. The number of rotatable bonds is 7. The molecule has 0 unspecified atom stereocenters. The number of benzene rings is 4. The zero-order valence-corrected chi connectivity index (χ0v) is 24.1. The summed E-state index contributed by atoms with van der Waals surface area (Å²) in [6.07, 6.45) is 1.23. The maximum absolute atomic E-state index is 12.9. The number of fused-ring (bicyclic) bond motifs is 5. The number of anilines is 1. The summed E-state index contributed by atoms with van der Waals surface area (Å²) in [7, 11) is 1.72. The first kappa shape index (κ1) is 26.9. The highest BCUT2D eigenvalue weighted by molar-refractivity contribution is 6.06. The van der Waals surface area contributed by atoms with Crippen molar-refractivity contribution in [2.75, 3.05) is 19.0 Å². The third-order valence-corrected chi connectivity index (χ3v) is 7.86. The molecule has 0 aliphatic carbocycles. The molecule has 1 aliphatic heterocycles. The van der Waals surface area contributed by atoms with Crippen LogP contribution in [-0.4, -0.2) is 24.6 Å². The Morgan fingerprint density at radius 1 is 0.854 bits per heavy atom. The number of methoxy groups -OCH3 is 1. The van der Waals surface area contributed by atoms with Gasteiger partial charge in [0.05, 0.1) is 24.4 Å². The maximum atomic E-state index is 12.9. The van der Waals surface area contributed by atoms with Gasteiger partial charge in [-0.25, -0.2) is 0 Å². The summed E-state index contributed by atoms with van der Waals surface area (Å²) in [4.78, 5) is 16.6. The highest BCUT2D eigenvalue weighted by Gasteiger charge is 2.24. The summed E-state index contributed by atoms with van der Waals surface area (Å²) in [5, 5.41) is 4.24. The monoisotopic (exact) mass is 544 g/mol. The second-order valence-electron chi connectivity index (χ2n) is 11.9. The van der Waals surface area contributed by atoms with Gasteiger partial charge >= 0.3 is 0 Å². The first-order valence-corrected chi connectivity index (χ1v) is 14.2. The van der Waals surface area contributed by atoms with Crippen LogP contribution in [0.3, 0.4) is 0 Å². The molecule has 6 rings (SSSR count). The zero-order valence-electron chi connectivity index (χ0n) is 24.1. The van der Waals surface area contributed by atoms with Gasteiger partial charge in [-0.15, -0.1) is 0 Å². The van der Waals surface area contributed by atoms with Crippen LogP contribution in [-0.2, 0) is 34.4 Å². The average molecular weight is 545 g/mol. The molecule has 0 saturated heterocycles. The molecule has 1 aromatic heterocycles. The number of hydrogen-bond donors (Lipinski definition) is 2. The lowest BCUT2D eigenvalue weighted by atomic mass is 9.86. The fourth-order valence-electron chi connectivity index (χ4n) is 5.50. The van der Waals surface area contributed by atoms with Crippen molar-refractivity contribution >= 4 is 22.5 Å². The zero-order chi connectivity index (χ0) is 28.6. The Morgan fingerprint density at radius 3 is 2.44 bits per heavy atom. The summed E-state index contributed by atoms with van der Waals surface area (Å²) < 4.78 is 11.3. The molecule has 5 heteroatoms. The molecule has 5 aromatic rings. The number of amides is 1. The van der Waals surface area contributed by atoms with E-state index in [0.29, 0.717) is 19.6 Å².